The van der Waals surface area contributed by atoms with Crippen LogP contribution in [0.1, 0.15) is 77.9 Å². The minimum atomic E-state index is -4.68. The van der Waals surface area contributed by atoms with E-state index >= 15 is 0 Å². The highest BCUT2D eigenvalue weighted by atomic mass is 19.4. The zero-order chi connectivity index (χ0) is 42.2. The molecule has 7 rings (SSSR count). The number of halogens is 3. The van der Waals surface area contributed by atoms with Gasteiger partial charge in [0.2, 0.25) is 0 Å². The number of rotatable bonds is 4. The molecule has 0 fully saturated rings. The van der Waals surface area contributed by atoms with Crippen molar-refractivity contribution < 1.29 is 13.2 Å². The lowest BCUT2D eigenvalue weighted by molar-refractivity contribution is -0.137. The number of benzene rings is 5. The van der Waals surface area contributed by atoms with Crippen LogP contribution in [0.15, 0.2) is 97.1 Å². The molecule has 0 saturated heterocycles. The molecule has 272 valence electrons. The Kier molecular flexibility index (Phi) is 9.54. The normalized spacial score (nSPS) is 14.2. The van der Waals surface area contributed by atoms with Crippen molar-refractivity contribution in [2.45, 2.75) is 13.1 Å². The quantitative estimate of drug-likeness (QED) is 0.161. The molecule has 0 heterocycles. The Morgan fingerprint density at radius 2 is 0.797 bits per heavy atom. The zero-order valence-corrected chi connectivity index (χ0v) is 30.4. The van der Waals surface area contributed by atoms with Gasteiger partial charge in [0, 0.05) is 33.4 Å². The van der Waals surface area contributed by atoms with Crippen LogP contribution < -0.4 is 0 Å². The molecular formula is C48H19F3N8. The van der Waals surface area contributed by atoms with E-state index in [1.165, 1.54) is 48.5 Å². The van der Waals surface area contributed by atoms with E-state index in [0.29, 0.717) is 22.3 Å². The van der Waals surface area contributed by atoms with Crippen molar-refractivity contribution in [1.29, 1.82) is 42.1 Å². The fourth-order valence-corrected chi connectivity index (χ4v) is 7.42. The van der Waals surface area contributed by atoms with Crippen molar-refractivity contribution in [2.24, 2.45) is 0 Å². The summed E-state index contributed by atoms with van der Waals surface area (Å²) in [6, 6.07) is 39.6. The van der Waals surface area contributed by atoms with Crippen molar-refractivity contribution in [3.05, 3.63) is 175 Å². The topological polar surface area (TPSA) is 190 Å². The Labute approximate surface area is 335 Å². The Morgan fingerprint density at radius 3 is 1.12 bits per heavy atom. The van der Waals surface area contributed by atoms with Crippen molar-refractivity contribution in [1.82, 2.24) is 0 Å². The number of hydrogen-bond acceptors (Lipinski definition) is 8. The van der Waals surface area contributed by atoms with Gasteiger partial charge in [0.05, 0.1) is 74.4 Å². The minimum Gasteiger partial charge on any atom is -0.192 e. The highest BCUT2D eigenvalue weighted by Gasteiger charge is 2.38. The Bertz CT molecular complexity index is 3150. The summed E-state index contributed by atoms with van der Waals surface area (Å²) < 4.78 is 41.2. The van der Waals surface area contributed by atoms with Gasteiger partial charge in [-0.15, -0.1) is 0 Å². The molecule has 0 unspecified atom stereocenters. The Morgan fingerprint density at radius 1 is 0.441 bits per heavy atom. The first-order chi connectivity index (χ1) is 28.4. The largest absolute Gasteiger partial charge is 0.416 e. The summed E-state index contributed by atoms with van der Waals surface area (Å²) in [6.45, 7) is 1.88. The van der Waals surface area contributed by atoms with Crippen LogP contribution in [0.25, 0.3) is 44.6 Å². The number of nitriles is 8. The van der Waals surface area contributed by atoms with E-state index in [2.05, 4.69) is 24.3 Å². The smallest absolute Gasteiger partial charge is 0.192 e. The molecular weight excluding hydrogens is 746 g/mol. The highest BCUT2D eigenvalue weighted by Crippen LogP contribution is 2.56. The van der Waals surface area contributed by atoms with Gasteiger partial charge in [-0.2, -0.15) is 55.3 Å². The molecule has 2 aliphatic carbocycles. The molecule has 59 heavy (non-hydrogen) atoms. The summed E-state index contributed by atoms with van der Waals surface area (Å²) in [4.78, 5) is 0. The van der Waals surface area contributed by atoms with Crippen LogP contribution in [0.5, 0.6) is 0 Å². The van der Waals surface area contributed by atoms with E-state index in [-0.39, 0.29) is 89.1 Å². The van der Waals surface area contributed by atoms with Crippen LogP contribution in [0.2, 0.25) is 0 Å². The molecule has 0 radical (unpaired) electrons. The van der Waals surface area contributed by atoms with Crippen LogP contribution in [-0.2, 0) is 6.18 Å². The van der Waals surface area contributed by atoms with Gasteiger partial charge in [-0.05, 0) is 101 Å². The lowest BCUT2D eigenvalue weighted by atomic mass is 9.85. The maximum absolute atomic E-state index is 13.7. The average Bonchev–Trinajstić information content (AvgIpc) is 3.74. The molecule has 0 saturated carbocycles. The van der Waals surface area contributed by atoms with Gasteiger partial charge in [-0.3, -0.25) is 0 Å². The van der Waals surface area contributed by atoms with Crippen LogP contribution in [0, 0.1) is 97.6 Å². The fraction of sp³-hybridized carbons (Fsp3) is 0.0417. The first kappa shape index (κ1) is 38.1. The van der Waals surface area contributed by atoms with E-state index in [4.69, 9.17) is 0 Å². The van der Waals surface area contributed by atoms with Gasteiger partial charge in [-0.25, -0.2) is 0 Å². The molecule has 0 spiro atoms. The Balaban J connectivity index is 1.66. The maximum Gasteiger partial charge on any atom is 0.416 e. The number of hydrogen-bond donors (Lipinski definition) is 0. The molecule has 0 aromatic heterocycles. The first-order valence-electron chi connectivity index (χ1n) is 17.4. The standard InChI is InChI=1S/C48H19F3N8/c1-26-2-4-31(5-3-26)44-42(24-58)36-16-37-39(17-38(36)46(44)40(22-56)33-12-27(18-52)10-28(13-33)19-53)47(41(23-57)34-14-29(20-54)11-30(15-34)21-55)45(43(37)25-59)32-6-8-35(9-7-32)48(49,50)51/h2-17H,1H3/b46-40-,47-41-. The molecule has 8 nitrogen and oxygen atoms in total. The van der Waals surface area contributed by atoms with E-state index in [0.717, 1.165) is 17.7 Å². The number of alkyl halides is 3. The number of fused-ring (bicyclic) bond motifs is 2. The summed E-state index contributed by atoms with van der Waals surface area (Å²) in [6.07, 6.45) is -4.68. The molecule has 0 amide bonds. The maximum atomic E-state index is 13.7. The molecule has 2 aliphatic rings. The van der Waals surface area contributed by atoms with Gasteiger partial charge in [-0.1, -0.05) is 42.0 Å². The highest BCUT2D eigenvalue weighted by molar-refractivity contribution is 6.34. The van der Waals surface area contributed by atoms with E-state index in [1.807, 2.05) is 43.3 Å². The van der Waals surface area contributed by atoms with Gasteiger partial charge in [0.25, 0.3) is 0 Å². The molecule has 5 aromatic carbocycles. The Hall–Kier alpha value is -9.23. The summed E-state index contributed by atoms with van der Waals surface area (Å²) in [5, 5.41) is 82.8. The third-order valence-electron chi connectivity index (χ3n) is 9.98. The van der Waals surface area contributed by atoms with E-state index < -0.39 is 11.7 Å². The number of aryl methyl sites for hydroxylation is 1. The van der Waals surface area contributed by atoms with Crippen molar-refractivity contribution in [2.75, 3.05) is 0 Å². The third kappa shape index (κ3) is 6.43. The minimum absolute atomic E-state index is 0.00136. The SMILES string of the molecule is Cc1ccc(C2=C(C#N)c3cc4c(cc3/C2=C(\C#N)c2cc(C#N)cc(C#N)c2)/C(=C(\C#N)c2cc(C#N)cc(C#N)c2)C(c2ccc(C(F)(F)F)cc2)=C4C#N)cc1. The summed E-state index contributed by atoms with van der Waals surface area (Å²) in [7, 11) is 0. The van der Waals surface area contributed by atoms with Gasteiger partial charge >= 0.3 is 6.18 Å². The van der Waals surface area contributed by atoms with Crippen molar-refractivity contribution >= 4 is 44.6 Å². The molecule has 0 aliphatic heterocycles. The molecule has 0 bridgehead atoms. The van der Waals surface area contributed by atoms with E-state index in [9.17, 15) is 55.3 Å². The monoisotopic (exact) mass is 764 g/mol. The fourth-order valence-electron chi connectivity index (χ4n) is 7.42. The summed E-state index contributed by atoms with van der Waals surface area (Å²) in [5.74, 6) is 0. The second-order valence-corrected chi connectivity index (χ2v) is 13.4. The predicted octanol–water partition coefficient (Wildman–Crippen LogP) is 10.3. The summed E-state index contributed by atoms with van der Waals surface area (Å²) in [5.41, 5.74) is 3.14. The lowest BCUT2D eigenvalue weighted by Crippen LogP contribution is -2.04. The number of nitrogens with zero attached hydrogens (tertiary/aromatic N) is 8. The van der Waals surface area contributed by atoms with Gasteiger partial charge < -0.3 is 0 Å². The van der Waals surface area contributed by atoms with Crippen LogP contribution in [0.3, 0.4) is 0 Å². The zero-order valence-electron chi connectivity index (χ0n) is 30.4. The average molecular weight is 765 g/mol. The van der Waals surface area contributed by atoms with Crippen LogP contribution in [-0.4, -0.2) is 0 Å². The first-order valence-corrected chi connectivity index (χ1v) is 17.4. The van der Waals surface area contributed by atoms with Gasteiger partial charge in [0.1, 0.15) is 24.3 Å². The van der Waals surface area contributed by atoms with Crippen LogP contribution >= 0.6 is 0 Å². The molecule has 0 N–H and O–H groups in total. The van der Waals surface area contributed by atoms with Crippen molar-refractivity contribution in [3.8, 4) is 48.6 Å². The van der Waals surface area contributed by atoms with E-state index in [1.54, 1.807) is 24.3 Å². The lowest BCUT2D eigenvalue weighted by Gasteiger charge is -2.16. The second-order valence-electron chi connectivity index (χ2n) is 13.4. The molecule has 11 heteroatoms. The molecule has 5 aromatic rings. The second kappa shape index (κ2) is 14.8. The third-order valence-corrected chi connectivity index (χ3v) is 9.98. The van der Waals surface area contributed by atoms with Crippen LogP contribution in [0.4, 0.5) is 13.2 Å². The summed E-state index contributed by atoms with van der Waals surface area (Å²) >= 11 is 0. The van der Waals surface area contributed by atoms with Gasteiger partial charge in [0.15, 0.2) is 0 Å². The number of allylic oxidation sites excluding steroid dienone is 8. The molecule has 0 atom stereocenters. The predicted molar refractivity (Wildman–Crippen MR) is 211 cm³/mol. The van der Waals surface area contributed by atoms with Crippen molar-refractivity contribution in [3.63, 3.8) is 0 Å².